The van der Waals surface area contributed by atoms with Crippen LogP contribution in [0.2, 0.25) is 0 Å². The molecule has 1 aliphatic rings. The Hall–Kier alpha value is -1.58. The number of aryl methyl sites for hydroxylation is 1. The summed E-state index contributed by atoms with van der Waals surface area (Å²) in [5, 5.41) is 2.78. The molecule has 0 atom stereocenters. The maximum Gasteiger partial charge on any atom is 0.316 e. The second kappa shape index (κ2) is 4.26. The molecule has 1 heterocycles. The van der Waals surface area contributed by atoms with Crippen LogP contribution >= 0.6 is 0 Å². The maximum absolute atomic E-state index is 11.2. The lowest BCUT2D eigenvalue weighted by Crippen LogP contribution is -2.24. The third kappa shape index (κ3) is 2.19. The van der Waals surface area contributed by atoms with Crippen LogP contribution in [0.3, 0.4) is 0 Å². The Kier molecular flexibility index (Phi) is 3.05. The smallest absolute Gasteiger partial charge is 0.316 e. The Morgan fingerprint density at radius 2 is 2.00 bits per heavy atom. The average Bonchev–Trinajstić information content (AvgIpc) is 2.67. The molecule has 0 radical (unpaired) electrons. The van der Waals surface area contributed by atoms with Crippen molar-refractivity contribution < 1.29 is 4.79 Å². The summed E-state index contributed by atoms with van der Waals surface area (Å²) in [4.78, 5) is 16.0. The number of nitrogens with one attached hydrogen (secondary N) is 1. The molecule has 0 aromatic carbocycles. The molecule has 0 bridgehead atoms. The molecule has 0 saturated heterocycles. The van der Waals surface area contributed by atoms with Gasteiger partial charge < -0.3 is 11.1 Å². The lowest BCUT2D eigenvalue weighted by atomic mass is 9.87. The summed E-state index contributed by atoms with van der Waals surface area (Å²) >= 11 is 0. The van der Waals surface area contributed by atoms with Gasteiger partial charge in [-0.3, -0.25) is 4.98 Å². The van der Waals surface area contributed by atoms with Gasteiger partial charge in [0.1, 0.15) is 0 Å². The zero-order valence-corrected chi connectivity index (χ0v) is 11.6. The van der Waals surface area contributed by atoms with Crippen LogP contribution in [-0.2, 0) is 18.3 Å². The lowest BCUT2D eigenvalue weighted by molar-refractivity contribution is 0.259. The molecule has 2 amide bonds. The molecule has 0 fully saturated rings. The van der Waals surface area contributed by atoms with E-state index in [1.165, 1.54) is 5.56 Å². The minimum atomic E-state index is -0.502. The number of hydrogen-bond acceptors (Lipinski definition) is 2. The number of hydrogen-bond donors (Lipinski definition) is 2. The van der Waals surface area contributed by atoms with Crippen molar-refractivity contribution in [1.29, 1.82) is 0 Å². The first kappa shape index (κ1) is 12.9. The van der Waals surface area contributed by atoms with Crippen LogP contribution in [0.5, 0.6) is 0 Å². The maximum atomic E-state index is 11.2. The molecule has 4 heteroatoms. The topological polar surface area (TPSA) is 68.0 Å². The van der Waals surface area contributed by atoms with Gasteiger partial charge in [0.2, 0.25) is 0 Å². The number of urea groups is 1. The normalized spacial score (nSPS) is 14.4. The van der Waals surface area contributed by atoms with E-state index in [1.807, 2.05) is 6.92 Å². The molecule has 3 N–H and O–H groups in total. The highest BCUT2D eigenvalue weighted by Crippen LogP contribution is 2.36. The number of amides is 2. The van der Waals surface area contributed by atoms with Crippen LogP contribution in [0.4, 0.5) is 10.5 Å². The number of nitrogens with zero attached hydrogens (tertiary/aromatic N) is 1. The van der Waals surface area contributed by atoms with E-state index < -0.39 is 6.03 Å². The number of carbonyl (C=O) groups excluding carboxylic acids is 1. The molecule has 0 spiro atoms. The molecular formula is C14H21N3O. The van der Waals surface area contributed by atoms with E-state index in [9.17, 15) is 4.79 Å². The number of anilines is 1. The van der Waals surface area contributed by atoms with Gasteiger partial charge >= 0.3 is 6.03 Å². The fourth-order valence-corrected chi connectivity index (χ4v) is 2.71. The SMILES string of the molecule is Cc1c(C(C)(C)C)nc2c(c1NC(N)=O)CCC2. The Morgan fingerprint density at radius 3 is 2.56 bits per heavy atom. The Balaban J connectivity index is 2.63. The van der Waals surface area contributed by atoms with Gasteiger partial charge in [-0.05, 0) is 37.3 Å². The van der Waals surface area contributed by atoms with E-state index in [4.69, 9.17) is 10.7 Å². The molecule has 0 saturated carbocycles. The monoisotopic (exact) mass is 247 g/mol. The molecule has 98 valence electrons. The first-order valence-electron chi connectivity index (χ1n) is 6.40. The molecule has 0 unspecified atom stereocenters. The molecule has 4 nitrogen and oxygen atoms in total. The highest BCUT2D eigenvalue weighted by Gasteiger charge is 2.26. The molecule has 2 rings (SSSR count). The van der Waals surface area contributed by atoms with E-state index in [-0.39, 0.29) is 5.41 Å². The molecular weight excluding hydrogens is 226 g/mol. The highest BCUT2D eigenvalue weighted by molar-refractivity contribution is 5.90. The number of carbonyl (C=O) groups is 1. The highest BCUT2D eigenvalue weighted by atomic mass is 16.2. The summed E-state index contributed by atoms with van der Waals surface area (Å²) in [6, 6.07) is -0.502. The van der Waals surface area contributed by atoms with E-state index in [1.54, 1.807) is 0 Å². The van der Waals surface area contributed by atoms with Crippen molar-refractivity contribution in [2.75, 3.05) is 5.32 Å². The Labute approximate surface area is 108 Å². The first-order valence-corrected chi connectivity index (χ1v) is 6.40. The fraction of sp³-hybridized carbons (Fsp3) is 0.571. The van der Waals surface area contributed by atoms with Crippen LogP contribution in [0.1, 0.15) is 49.7 Å². The van der Waals surface area contributed by atoms with E-state index in [0.29, 0.717) is 0 Å². The second-order valence-corrected chi connectivity index (χ2v) is 5.98. The lowest BCUT2D eigenvalue weighted by Gasteiger charge is -2.24. The summed E-state index contributed by atoms with van der Waals surface area (Å²) in [6.45, 7) is 8.42. The van der Waals surface area contributed by atoms with Crippen LogP contribution in [0, 0.1) is 6.92 Å². The zero-order chi connectivity index (χ0) is 13.5. The van der Waals surface area contributed by atoms with Gasteiger partial charge in [0, 0.05) is 11.1 Å². The van der Waals surface area contributed by atoms with Crippen molar-refractivity contribution in [1.82, 2.24) is 4.98 Å². The van der Waals surface area contributed by atoms with Crippen LogP contribution in [-0.4, -0.2) is 11.0 Å². The summed E-state index contributed by atoms with van der Waals surface area (Å²) < 4.78 is 0. The number of fused-ring (bicyclic) bond motifs is 1. The fourth-order valence-electron chi connectivity index (χ4n) is 2.71. The molecule has 1 aromatic rings. The van der Waals surface area contributed by atoms with Crippen LogP contribution in [0.15, 0.2) is 0 Å². The third-order valence-corrected chi connectivity index (χ3v) is 3.43. The van der Waals surface area contributed by atoms with E-state index in [2.05, 4.69) is 26.1 Å². The van der Waals surface area contributed by atoms with Crippen molar-refractivity contribution in [3.8, 4) is 0 Å². The van der Waals surface area contributed by atoms with E-state index in [0.717, 1.165) is 41.9 Å². The number of nitrogens with two attached hydrogens (primary N) is 1. The molecule has 1 aromatic heterocycles. The van der Waals surface area contributed by atoms with Crippen molar-refractivity contribution in [2.45, 2.75) is 52.4 Å². The number of pyridine rings is 1. The number of aromatic nitrogens is 1. The molecule has 0 aliphatic heterocycles. The third-order valence-electron chi connectivity index (χ3n) is 3.43. The van der Waals surface area contributed by atoms with Gasteiger partial charge in [-0.2, -0.15) is 0 Å². The summed E-state index contributed by atoms with van der Waals surface area (Å²) in [5.74, 6) is 0. The van der Waals surface area contributed by atoms with Crippen molar-refractivity contribution >= 4 is 11.7 Å². The van der Waals surface area contributed by atoms with Gasteiger partial charge in [-0.25, -0.2) is 4.79 Å². The van der Waals surface area contributed by atoms with Crippen molar-refractivity contribution in [3.63, 3.8) is 0 Å². The van der Waals surface area contributed by atoms with Crippen LogP contribution < -0.4 is 11.1 Å². The summed E-state index contributed by atoms with van der Waals surface area (Å²) in [7, 11) is 0. The largest absolute Gasteiger partial charge is 0.351 e. The second-order valence-electron chi connectivity index (χ2n) is 5.98. The number of rotatable bonds is 1. The minimum Gasteiger partial charge on any atom is -0.351 e. The van der Waals surface area contributed by atoms with Gasteiger partial charge in [-0.15, -0.1) is 0 Å². The minimum absolute atomic E-state index is 0.0320. The summed E-state index contributed by atoms with van der Waals surface area (Å²) in [5.41, 5.74) is 10.5. The Bertz CT molecular complexity index is 501. The van der Waals surface area contributed by atoms with Gasteiger partial charge in [0.05, 0.1) is 11.4 Å². The predicted octanol–water partition coefficient (Wildman–Crippen LogP) is 2.67. The van der Waals surface area contributed by atoms with Gasteiger partial charge in [-0.1, -0.05) is 20.8 Å². The first-order chi connectivity index (χ1) is 8.30. The quantitative estimate of drug-likeness (QED) is 0.801. The van der Waals surface area contributed by atoms with Crippen molar-refractivity contribution in [3.05, 3.63) is 22.5 Å². The zero-order valence-electron chi connectivity index (χ0n) is 11.6. The van der Waals surface area contributed by atoms with Gasteiger partial charge in [0.15, 0.2) is 0 Å². The number of primary amides is 1. The van der Waals surface area contributed by atoms with Crippen LogP contribution in [0.25, 0.3) is 0 Å². The van der Waals surface area contributed by atoms with Crippen molar-refractivity contribution in [2.24, 2.45) is 5.73 Å². The molecule has 18 heavy (non-hydrogen) atoms. The Morgan fingerprint density at radius 1 is 1.33 bits per heavy atom. The standard InChI is InChI=1S/C14H21N3O/c1-8-11(17-13(15)18)9-6-5-7-10(9)16-12(8)14(2,3)4/h5-7H2,1-4H3,(H3,15,16,17,18). The average molecular weight is 247 g/mol. The molecule has 1 aliphatic carbocycles. The predicted molar refractivity (Wildman–Crippen MR) is 72.9 cm³/mol. The van der Waals surface area contributed by atoms with Gasteiger partial charge in [0.25, 0.3) is 0 Å². The summed E-state index contributed by atoms with van der Waals surface area (Å²) in [6.07, 6.45) is 3.07. The van der Waals surface area contributed by atoms with E-state index >= 15 is 0 Å².